The second-order valence-electron chi connectivity index (χ2n) is 9.75. The maximum atomic E-state index is 10.6. The lowest BCUT2D eigenvalue weighted by atomic mass is 9.44. The SMILES string of the molecule is C#C[C@]1(O)CC[C@]2(C)C3CC[C@]4(C)/C(=N\OC)CCC4C3CC[C@H]2C1. The first kappa shape index (κ1) is 17.4. The molecule has 3 nitrogen and oxygen atoms in total. The van der Waals surface area contributed by atoms with Crippen molar-refractivity contribution in [1.82, 2.24) is 0 Å². The second kappa shape index (κ2) is 5.74. The fraction of sp³-hybridized carbons (Fsp3) is 0.864. The summed E-state index contributed by atoms with van der Waals surface area (Å²) in [7, 11) is 1.68. The standard InChI is InChI=1S/C22H33NO2/c1-5-22(24)13-12-20(2)15(14-22)6-7-16-17-8-9-19(23-25-4)21(17,3)11-10-18(16)20/h1,15-18,24H,6-14H2,2-4H3/b23-19-/t15-,16?,17?,18?,20-,21-,22-/m0/s1. The van der Waals surface area contributed by atoms with Gasteiger partial charge in [-0.2, -0.15) is 0 Å². The molecule has 25 heavy (non-hydrogen) atoms. The van der Waals surface area contributed by atoms with Gasteiger partial charge in [0.1, 0.15) is 12.7 Å². The number of terminal acetylenes is 1. The molecular formula is C22H33NO2. The summed E-state index contributed by atoms with van der Waals surface area (Å²) >= 11 is 0. The molecule has 1 N–H and O–H groups in total. The first-order valence-electron chi connectivity index (χ1n) is 10.2. The lowest BCUT2D eigenvalue weighted by Gasteiger charge is -2.61. The van der Waals surface area contributed by atoms with E-state index in [2.05, 4.69) is 24.9 Å². The quantitative estimate of drug-likeness (QED) is 0.566. The van der Waals surface area contributed by atoms with Gasteiger partial charge in [0, 0.05) is 5.41 Å². The average Bonchev–Trinajstić information content (AvgIpc) is 2.93. The van der Waals surface area contributed by atoms with Gasteiger partial charge in [-0.25, -0.2) is 0 Å². The van der Waals surface area contributed by atoms with Crippen molar-refractivity contribution in [2.75, 3.05) is 7.11 Å². The van der Waals surface area contributed by atoms with Gasteiger partial charge in [-0.3, -0.25) is 0 Å². The Kier molecular flexibility index (Phi) is 4.00. The van der Waals surface area contributed by atoms with Crippen LogP contribution in [-0.4, -0.2) is 23.5 Å². The number of oxime groups is 1. The van der Waals surface area contributed by atoms with E-state index in [1.54, 1.807) is 7.11 Å². The molecule has 0 radical (unpaired) electrons. The molecule has 0 aliphatic heterocycles. The van der Waals surface area contributed by atoms with Crippen LogP contribution in [0.25, 0.3) is 0 Å². The van der Waals surface area contributed by atoms with Gasteiger partial charge in [0.05, 0.1) is 5.71 Å². The van der Waals surface area contributed by atoms with E-state index in [4.69, 9.17) is 11.3 Å². The first-order valence-corrected chi connectivity index (χ1v) is 10.2. The van der Waals surface area contributed by atoms with Gasteiger partial charge in [-0.05, 0) is 86.9 Å². The maximum absolute atomic E-state index is 10.6. The fourth-order valence-electron chi connectivity index (χ4n) is 7.43. The predicted molar refractivity (Wildman–Crippen MR) is 100.0 cm³/mol. The van der Waals surface area contributed by atoms with Crippen molar-refractivity contribution in [3.63, 3.8) is 0 Å². The van der Waals surface area contributed by atoms with E-state index in [0.717, 1.165) is 43.4 Å². The highest BCUT2D eigenvalue weighted by molar-refractivity contribution is 5.92. The van der Waals surface area contributed by atoms with Gasteiger partial charge < -0.3 is 9.94 Å². The van der Waals surface area contributed by atoms with Crippen LogP contribution in [0.1, 0.15) is 71.6 Å². The second-order valence-corrected chi connectivity index (χ2v) is 9.75. The highest BCUT2D eigenvalue weighted by atomic mass is 16.6. The summed E-state index contributed by atoms with van der Waals surface area (Å²) in [6.07, 6.45) is 15.7. The van der Waals surface area contributed by atoms with Gasteiger partial charge in [0.2, 0.25) is 0 Å². The van der Waals surface area contributed by atoms with Gasteiger partial charge in [-0.15, -0.1) is 6.42 Å². The number of hydrogen-bond donors (Lipinski definition) is 1. The van der Waals surface area contributed by atoms with Crippen LogP contribution in [0, 0.1) is 46.8 Å². The summed E-state index contributed by atoms with van der Waals surface area (Å²) < 4.78 is 0. The third kappa shape index (κ3) is 2.40. The highest BCUT2D eigenvalue weighted by Crippen LogP contribution is 2.66. The van der Waals surface area contributed by atoms with E-state index in [1.165, 1.54) is 37.8 Å². The van der Waals surface area contributed by atoms with Crippen LogP contribution in [-0.2, 0) is 4.84 Å². The van der Waals surface area contributed by atoms with Crippen LogP contribution in [0.2, 0.25) is 0 Å². The Morgan fingerprint density at radius 3 is 2.64 bits per heavy atom. The molecule has 0 spiro atoms. The van der Waals surface area contributed by atoms with Crippen LogP contribution >= 0.6 is 0 Å². The molecule has 0 bridgehead atoms. The maximum Gasteiger partial charge on any atom is 0.125 e. The molecule has 4 rings (SSSR count). The Balaban J connectivity index is 1.61. The fourth-order valence-corrected chi connectivity index (χ4v) is 7.43. The molecule has 0 aromatic heterocycles. The number of aliphatic hydroxyl groups is 1. The van der Waals surface area contributed by atoms with Crippen LogP contribution in [0.3, 0.4) is 0 Å². The van der Waals surface area contributed by atoms with Crippen molar-refractivity contribution in [2.24, 2.45) is 39.7 Å². The molecular weight excluding hydrogens is 310 g/mol. The number of nitrogens with zero attached hydrogens (tertiary/aromatic N) is 1. The predicted octanol–water partition coefficient (Wildman–Crippen LogP) is 4.40. The zero-order valence-electron chi connectivity index (χ0n) is 16.1. The van der Waals surface area contributed by atoms with Gasteiger partial charge in [-0.1, -0.05) is 24.9 Å². The average molecular weight is 344 g/mol. The van der Waals surface area contributed by atoms with Gasteiger partial charge >= 0.3 is 0 Å². The summed E-state index contributed by atoms with van der Waals surface area (Å²) in [4.78, 5) is 5.16. The van der Waals surface area contributed by atoms with Crippen LogP contribution in [0.15, 0.2) is 5.16 Å². The van der Waals surface area contributed by atoms with E-state index in [9.17, 15) is 5.11 Å². The molecule has 0 heterocycles. The Morgan fingerprint density at radius 1 is 1.12 bits per heavy atom. The molecule has 4 aliphatic rings. The molecule has 138 valence electrons. The van der Waals surface area contributed by atoms with Crippen molar-refractivity contribution in [1.29, 1.82) is 0 Å². The van der Waals surface area contributed by atoms with E-state index < -0.39 is 5.60 Å². The summed E-state index contributed by atoms with van der Waals surface area (Å²) in [6.45, 7) is 4.94. The number of rotatable bonds is 1. The van der Waals surface area contributed by atoms with E-state index in [0.29, 0.717) is 11.3 Å². The molecule has 0 aromatic carbocycles. The minimum Gasteiger partial charge on any atom is -0.399 e. The van der Waals surface area contributed by atoms with E-state index in [1.807, 2.05) is 0 Å². The highest BCUT2D eigenvalue weighted by Gasteiger charge is 2.60. The molecule has 3 unspecified atom stereocenters. The van der Waals surface area contributed by atoms with Crippen LogP contribution in [0.4, 0.5) is 0 Å². The number of fused-ring (bicyclic) bond motifs is 5. The zero-order valence-corrected chi connectivity index (χ0v) is 16.1. The van der Waals surface area contributed by atoms with E-state index >= 15 is 0 Å². The van der Waals surface area contributed by atoms with Gasteiger partial charge in [0.15, 0.2) is 0 Å². The Bertz CT molecular complexity index is 622. The monoisotopic (exact) mass is 343 g/mol. The molecule has 0 saturated heterocycles. The van der Waals surface area contributed by atoms with Crippen molar-refractivity contribution < 1.29 is 9.94 Å². The molecule has 7 atom stereocenters. The third-order valence-corrected chi connectivity index (χ3v) is 8.94. The Morgan fingerprint density at radius 2 is 1.92 bits per heavy atom. The third-order valence-electron chi connectivity index (χ3n) is 8.94. The minimum atomic E-state index is -0.855. The summed E-state index contributed by atoms with van der Waals surface area (Å²) in [5, 5.41) is 15.1. The first-order chi connectivity index (χ1) is 11.9. The molecule has 4 fully saturated rings. The van der Waals surface area contributed by atoms with Gasteiger partial charge in [0.25, 0.3) is 0 Å². The smallest absolute Gasteiger partial charge is 0.125 e. The van der Waals surface area contributed by atoms with Crippen molar-refractivity contribution in [2.45, 2.75) is 77.2 Å². The molecule has 0 amide bonds. The van der Waals surface area contributed by atoms with E-state index in [-0.39, 0.29) is 5.41 Å². The Labute approximate surface area is 152 Å². The molecule has 3 heteroatoms. The minimum absolute atomic E-state index is 0.245. The van der Waals surface area contributed by atoms with Crippen LogP contribution < -0.4 is 0 Å². The van der Waals surface area contributed by atoms with Crippen molar-refractivity contribution in [3.05, 3.63) is 0 Å². The lowest BCUT2D eigenvalue weighted by Crippen LogP contribution is -2.55. The van der Waals surface area contributed by atoms with Crippen molar-refractivity contribution in [3.8, 4) is 12.3 Å². The van der Waals surface area contributed by atoms with Crippen LogP contribution in [0.5, 0.6) is 0 Å². The molecule has 4 aliphatic carbocycles. The summed E-state index contributed by atoms with van der Waals surface area (Å²) in [6, 6.07) is 0. The normalized spacial score (nSPS) is 53.5. The number of hydrogen-bond acceptors (Lipinski definition) is 3. The van der Waals surface area contributed by atoms with Crippen molar-refractivity contribution >= 4 is 5.71 Å². The zero-order chi connectivity index (χ0) is 17.9. The Hall–Kier alpha value is -1.01. The summed E-state index contributed by atoms with van der Waals surface area (Å²) in [5.74, 6) is 5.62. The molecule has 0 aromatic rings. The largest absolute Gasteiger partial charge is 0.399 e. The molecule has 4 saturated carbocycles. The summed E-state index contributed by atoms with van der Waals surface area (Å²) in [5.41, 5.74) is 1.05. The lowest BCUT2D eigenvalue weighted by molar-refractivity contribution is -0.127. The topological polar surface area (TPSA) is 41.8 Å².